The van der Waals surface area contributed by atoms with Crippen molar-refractivity contribution < 1.29 is 36.0 Å². The maximum Gasteiger partial charge on any atom is 0.303 e. The summed E-state index contributed by atoms with van der Waals surface area (Å²) in [5.74, 6) is -0.978. The third kappa shape index (κ3) is 4.45. The number of carbonyl (C=O) groups excluding carboxylic acids is 2. The molecule has 1 heterocycles. The van der Waals surface area contributed by atoms with E-state index in [1.54, 1.807) is 0 Å². The smallest absolute Gasteiger partial charge is 0.303 e. The van der Waals surface area contributed by atoms with Crippen LogP contribution in [0.15, 0.2) is 0 Å². The molecule has 0 aliphatic carbocycles. The van der Waals surface area contributed by atoms with Gasteiger partial charge >= 0.3 is 11.9 Å². The van der Waals surface area contributed by atoms with E-state index in [4.69, 9.17) is 26.4 Å². The molecule has 7 heteroatoms. The largest absolute Gasteiger partial charge is 0.463 e. The Labute approximate surface area is 114 Å². The van der Waals surface area contributed by atoms with Crippen LogP contribution in [0.1, 0.15) is 16.6 Å². The molecule has 1 saturated heterocycles. The van der Waals surface area contributed by atoms with Crippen molar-refractivity contribution in [1.29, 1.82) is 0 Å². The van der Waals surface area contributed by atoms with Gasteiger partial charge in [-0.15, -0.1) is 0 Å². The highest BCUT2D eigenvalue weighted by Crippen LogP contribution is 2.23. The summed E-state index contributed by atoms with van der Waals surface area (Å²) in [7, 11) is -0.726. The van der Waals surface area contributed by atoms with Gasteiger partial charge in [0, 0.05) is 28.0 Å². The number of carbonyl (C=O) groups is 2. The van der Waals surface area contributed by atoms with E-state index in [9.17, 15) is 9.59 Å². The molecule has 19 heavy (non-hydrogen) atoms. The van der Waals surface area contributed by atoms with Crippen LogP contribution in [0.25, 0.3) is 0 Å². The second-order valence-electron chi connectivity index (χ2n) is 4.08. The minimum atomic E-state index is -0.773. The molecule has 0 aromatic carbocycles. The Morgan fingerprint density at radius 2 is 1.89 bits per heavy atom. The first-order valence-electron chi connectivity index (χ1n) is 7.14. The Kier molecular flexibility index (Phi) is 5.01. The van der Waals surface area contributed by atoms with Crippen molar-refractivity contribution in [2.45, 2.75) is 38.3 Å². The van der Waals surface area contributed by atoms with Crippen molar-refractivity contribution in [2.24, 2.45) is 0 Å². The second-order valence-corrected chi connectivity index (χ2v) is 4.08. The molecule has 0 N–H and O–H groups in total. The van der Waals surface area contributed by atoms with Crippen molar-refractivity contribution in [3.63, 3.8) is 0 Å². The molecule has 0 aromatic rings. The normalized spacial score (nSPS) is 32.1. The summed E-state index contributed by atoms with van der Waals surface area (Å²) < 4.78 is 40.3. The van der Waals surface area contributed by atoms with Gasteiger partial charge in [0.2, 0.25) is 0 Å². The SMILES string of the molecule is [2H]CO[C@H]1[C@H](OC[2H])[C@@H](COC(C)=O)OC[C@@H]1OC(C)=O. The van der Waals surface area contributed by atoms with Crippen LogP contribution >= 0.6 is 0 Å². The zero-order valence-corrected chi connectivity index (χ0v) is 11.0. The van der Waals surface area contributed by atoms with E-state index in [1.807, 2.05) is 0 Å². The fourth-order valence-electron chi connectivity index (χ4n) is 1.89. The standard InChI is InChI=1S/C12H20O7/c1-7(13)17-5-9-11(15-3)12(16-4)10(6-18-9)19-8(2)14/h9-12H,5-6H2,1-4H3/t9-,10+,11-,12-/m1/s1/i3D,4D. The number of hydrogen-bond donors (Lipinski definition) is 0. The lowest BCUT2D eigenvalue weighted by Gasteiger charge is -2.40. The molecule has 4 atom stereocenters. The number of esters is 2. The molecule has 0 spiro atoms. The average Bonchev–Trinajstić information content (AvgIpc) is 2.40. The third-order valence-corrected chi connectivity index (χ3v) is 2.68. The summed E-state index contributed by atoms with van der Waals surface area (Å²) in [6.45, 7) is 2.49. The molecule has 0 radical (unpaired) electrons. The van der Waals surface area contributed by atoms with E-state index in [-0.39, 0.29) is 27.4 Å². The van der Waals surface area contributed by atoms with E-state index in [2.05, 4.69) is 0 Å². The summed E-state index contributed by atoms with van der Waals surface area (Å²) in [6, 6.07) is 0. The summed E-state index contributed by atoms with van der Waals surface area (Å²) in [6.07, 6.45) is -2.92. The van der Waals surface area contributed by atoms with Crippen LogP contribution in [0.3, 0.4) is 0 Å². The zero-order chi connectivity index (χ0) is 15.8. The average molecular weight is 278 g/mol. The molecule has 1 aliphatic heterocycles. The molecule has 0 aromatic heterocycles. The predicted octanol–water partition coefficient (Wildman–Crippen LogP) is -0.0900. The van der Waals surface area contributed by atoms with Crippen molar-refractivity contribution in [3.05, 3.63) is 0 Å². The highest BCUT2D eigenvalue weighted by molar-refractivity contribution is 5.66. The van der Waals surface area contributed by atoms with Gasteiger partial charge in [0.25, 0.3) is 0 Å². The summed E-state index contributed by atoms with van der Waals surface area (Å²) >= 11 is 0. The van der Waals surface area contributed by atoms with E-state index in [0.717, 1.165) is 0 Å². The van der Waals surface area contributed by atoms with Gasteiger partial charge in [0.1, 0.15) is 24.9 Å². The highest BCUT2D eigenvalue weighted by atomic mass is 16.6. The number of hydrogen-bond acceptors (Lipinski definition) is 7. The van der Waals surface area contributed by atoms with Crippen molar-refractivity contribution in [3.8, 4) is 0 Å². The molecule has 110 valence electrons. The lowest BCUT2D eigenvalue weighted by Crippen LogP contribution is -2.57. The van der Waals surface area contributed by atoms with Gasteiger partial charge in [0.15, 0.2) is 6.10 Å². The molecule has 0 saturated carbocycles. The lowest BCUT2D eigenvalue weighted by molar-refractivity contribution is -0.224. The first-order chi connectivity index (χ1) is 9.99. The van der Waals surface area contributed by atoms with Gasteiger partial charge in [-0.3, -0.25) is 9.59 Å². The molecule has 7 nitrogen and oxygen atoms in total. The Hall–Kier alpha value is -1.18. The van der Waals surface area contributed by atoms with Crippen LogP contribution in [0.2, 0.25) is 0 Å². The quantitative estimate of drug-likeness (QED) is 0.650. The van der Waals surface area contributed by atoms with Gasteiger partial charge < -0.3 is 23.7 Å². The van der Waals surface area contributed by atoms with Crippen molar-refractivity contribution in [1.82, 2.24) is 0 Å². The first-order valence-corrected chi connectivity index (χ1v) is 5.73. The Balaban J connectivity index is 2.80. The fourth-order valence-corrected chi connectivity index (χ4v) is 1.89. The molecule has 0 amide bonds. The zero-order valence-electron chi connectivity index (χ0n) is 13.0. The van der Waals surface area contributed by atoms with Crippen molar-refractivity contribution in [2.75, 3.05) is 27.4 Å². The van der Waals surface area contributed by atoms with E-state index in [0.29, 0.717) is 0 Å². The summed E-state index contributed by atoms with van der Waals surface area (Å²) in [4.78, 5) is 22.0. The van der Waals surface area contributed by atoms with E-state index >= 15 is 0 Å². The predicted molar refractivity (Wildman–Crippen MR) is 63.5 cm³/mol. The van der Waals surface area contributed by atoms with Crippen LogP contribution < -0.4 is 0 Å². The molecule has 0 bridgehead atoms. The van der Waals surface area contributed by atoms with Crippen LogP contribution in [-0.4, -0.2) is 63.7 Å². The third-order valence-electron chi connectivity index (χ3n) is 2.68. The Morgan fingerprint density at radius 1 is 1.21 bits per heavy atom. The molecular weight excluding hydrogens is 256 g/mol. The molecule has 1 fully saturated rings. The molecule has 0 unspecified atom stereocenters. The molecule has 1 aliphatic rings. The Morgan fingerprint density at radius 3 is 2.47 bits per heavy atom. The number of rotatable bonds is 5. The van der Waals surface area contributed by atoms with Crippen LogP contribution in [-0.2, 0) is 33.3 Å². The van der Waals surface area contributed by atoms with Gasteiger partial charge in [-0.2, -0.15) is 0 Å². The van der Waals surface area contributed by atoms with Gasteiger partial charge in [0.05, 0.1) is 9.35 Å². The number of methoxy groups -OCH3 is 2. The van der Waals surface area contributed by atoms with Gasteiger partial charge in [-0.25, -0.2) is 0 Å². The van der Waals surface area contributed by atoms with Crippen molar-refractivity contribution >= 4 is 11.9 Å². The molecular formula is C12H20O7. The molecule has 1 rings (SSSR count). The topological polar surface area (TPSA) is 80.3 Å². The Bertz CT molecular complexity index is 352. The van der Waals surface area contributed by atoms with Crippen LogP contribution in [0.5, 0.6) is 0 Å². The van der Waals surface area contributed by atoms with E-state index in [1.165, 1.54) is 13.8 Å². The van der Waals surface area contributed by atoms with Crippen LogP contribution in [0, 0.1) is 0 Å². The minimum absolute atomic E-state index is 0.0358. The van der Waals surface area contributed by atoms with Gasteiger partial charge in [-0.05, 0) is 0 Å². The maximum atomic E-state index is 11.1. The van der Waals surface area contributed by atoms with Gasteiger partial charge in [-0.1, -0.05) is 0 Å². The maximum absolute atomic E-state index is 11.1. The second kappa shape index (κ2) is 7.42. The monoisotopic (exact) mass is 278 g/mol. The number of ether oxygens (including phenoxy) is 5. The summed E-state index contributed by atoms with van der Waals surface area (Å²) in [5.41, 5.74) is 0. The summed E-state index contributed by atoms with van der Waals surface area (Å²) in [5, 5.41) is 0. The first kappa shape index (κ1) is 12.8. The van der Waals surface area contributed by atoms with E-state index < -0.39 is 36.4 Å². The minimum Gasteiger partial charge on any atom is -0.463 e. The fraction of sp³-hybridized carbons (Fsp3) is 0.833. The van der Waals surface area contributed by atoms with Crippen LogP contribution in [0.4, 0.5) is 0 Å². The lowest BCUT2D eigenvalue weighted by atomic mass is 10.00. The highest BCUT2D eigenvalue weighted by Gasteiger charge is 2.43.